The Hall–Kier alpha value is -1.77. The van der Waals surface area contributed by atoms with Gasteiger partial charge in [0.25, 0.3) is 0 Å². The van der Waals surface area contributed by atoms with E-state index < -0.39 is 0 Å². The molecule has 17 heavy (non-hydrogen) atoms. The van der Waals surface area contributed by atoms with Crippen molar-refractivity contribution in [1.82, 2.24) is 9.55 Å². The van der Waals surface area contributed by atoms with Crippen LogP contribution in [0.2, 0.25) is 0 Å². The average Bonchev–Trinajstić information content (AvgIpc) is 2.82. The van der Waals surface area contributed by atoms with Crippen molar-refractivity contribution in [1.29, 1.82) is 0 Å². The van der Waals surface area contributed by atoms with Crippen LogP contribution in [-0.4, -0.2) is 16.1 Å². The maximum Gasteiger partial charge on any atom is 0.0945 e. The first-order valence-electron chi connectivity index (χ1n) is 6.02. The van der Waals surface area contributed by atoms with Crippen molar-refractivity contribution in [2.75, 3.05) is 11.9 Å². The van der Waals surface area contributed by atoms with Crippen LogP contribution in [0.15, 0.2) is 36.9 Å². The monoisotopic (exact) mass is 229 g/mol. The smallest absolute Gasteiger partial charge is 0.0945 e. The van der Waals surface area contributed by atoms with Gasteiger partial charge in [-0.3, -0.25) is 0 Å². The molecule has 0 saturated heterocycles. The van der Waals surface area contributed by atoms with Crippen LogP contribution in [0, 0.1) is 13.8 Å². The van der Waals surface area contributed by atoms with E-state index in [9.17, 15) is 0 Å². The van der Waals surface area contributed by atoms with E-state index in [4.69, 9.17) is 0 Å². The van der Waals surface area contributed by atoms with Gasteiger partial charge in [-0.15, -0.1) is 0 Å². The van der Waals surface area contributed by atoms with Crippen molar-refractivity contribution >= 4 is 5.69 Å². The van der Waals surface area contributed by atoms with E-state index in [1.165, 1.54) is 16.8 Å². The second kappa shape index (κ2) is 5.53. The van der Waals surface area contributed by atoms with E-state index in [0.717, 1.165) is 19.5 Å². The Morgan fingerprint density at radius 2 is 2.18 bits per heavy atom. The summed E-state index contributed by atoms with van der Waals surface area (Å²) in [6.07, 6.45) is 6.78. The number of benzene rings is 1. The Morgan fingerprint density at radius 1 is 1.29 bits per heavy atom. The summed E-state index contributed by atoms with van der Waals surface area (Å²) in [5.74, 6) is 0. The SMILES string of the molecule is Cc1ccc(C)c(NCCCn2ccnc2)c1. The van der Waals surface area contributed by atoms with E-state index in [-0.39, 0.29) is 0 Å². The molecule has 1 N–H and O–H groups in total. The Bertz CT molecular complexity index is 460. The van der Waals surface area contributed by atoms with Crippen LogP contribution in [0.5, 0.6) is 0 Å². The van der Waals surface area contributed by atoms with Crippen molar-refractivity contribution in [3.8, 4) is 0 Å². The van der Waals surface area contributed by atoms with E-state index in [0.29, 0.717) is 0 Å². The van der Waals surface area contributed by atoms with Gasteiger partial charge in [0.15, 0.2) is 0 Å². The van der Waals surface area contributed by atoms with Crippen molar-refractivity contribution in [2.24, 2.45) is 0 Å². The van der Waals surface area contributed by atoms with Crippen LogP contribution in [-0.2, 0) is 6.54 Å². The van der Waals surface area contributed by atoms with Crippen molar-refractivity contribution in [2.45, 2.75) is 26.8 Å². The molecular formula is C14H19N3. The normalized spacial score (nSPS) is 10.5. The van der Waals surface area contributed by atoms with Gasteiger partial charge in [0, 0.05) is 31.2 Å². The summed E-state index contributed by atoms with van der Waals surface area (Å²) in [4.78, 5) is 4.03. The van der Waals surface area contributed by atoms with Crippen LogP contribution in [0.4, 0.5) is 5.69 Å². The predicted octanol–water partition coefficient (Wildman–Crippen LogP) is 3.00. The highest BCUT2D eigenvalue weighted by atomic mass is 15.0. The second-order valence-corrected chi connectivity index (χ2v) is 4.40. The maximum atomic E-state index is 4.03. The van der Waals surface area contributed by atoms with Crippen LogP contribution >= 0.6 is 0 Å². The van der Waals surface area contributed by atoms with Crippen LogP contribution in [0.3, 0.4) is 0 Å². The third-order valence-electron chi connectivity index (χ3n) is 2.86. The number of nitrogens with zero attached hydrogens (tertiary/aromatic N) is 2. The van der Waals surface area contributed by atoms with Gasteiger partial charge in [0.2, 0.25) is 0 Å². The highest BCUT2D eigenvalue weighted by molar-refractivity contribution is 5.52. The van der Waals surface area contributed by atoms with E-state index in [1.54, 1.807) is 0 Å². The quantitative estimate of drug-likeness (QED) is 0.799. The van der Waals surface area contributed by atoms with Gasteiger partial charge in [-0.2, -0.15) is 0 Å². The van der Waals surface area contributed by atoms with Gasteiger partial charge < -0.3 is 9.88 Å². The van der Waals surface area contributed by atoms with E-state index in [2.05, 4.69) is 46.9 Å². The third kappa shape index (κ3) is 3.34. The number of aromatic nitrogens is 2. The highest BCUT2D eigenvalue weighted by Gasteiger charge is 1.97. The zero-order chi connectivity index (χ0) is 12.1. The zero-order valence-corrected chi connectivity index (χ0v) is 10.5. The molecule has 0 aliphatic heterocycles. The molecule has 0 aliphatic rings. The standard InChI is InChI=1S/C14H19N3/c1-12-4-5-13(2)14(10-12)16-6-3-8-17-9-7-15-11-17/h4-5,7,9-11,16H,3,6,8H2,1-2H3. The summed E-state index contributed by atoms with van der Waals surface area (Å²) in [7, 11) is 0. The Kier molecular flexibility index (Phi) is 3.81. The van der Waals surface area contributed by atoms with Crippen LogP contribution in [0.25, 0.3) is 0 Å². The molecule has 3 heteroatoms. The summed E-state index contributed by atoms with van der Waals surface area (Å²) < 4.78 is 2.10. The van der Waals surface area contributed by atoms with Crippen molar-refractivity contribution in [3.05, 3.63) is 48.0 Å². The topological polar surface area (TPSA) is 29.9 Å². The molecular weight excluding hydrogens is 210 g/mol. The summed E-state index contributed by atoms with van der Waals surface area (Å²) in [5, 5.41) is 3.48. The first-order chi connectivity index (χ1) is 8.25. The Balaban J connectivity index is 1.80. The number of aryl methyl sites for hydroxylation is 3. The number of hydrogen-bond donors (Lipinski definition) is 1. The van der Waals surface area contributed by atoms with Gasteiger partial charge in [0.1, 0.15) is 0 Å². The minimum absolute atomic E-state index is 0.989. The fourth-order valence-corrected chi connectivity index (χ4v) is 1.83. The van der Waals surface area contributed by atoms with Crippen molar-refractivity contribution < 1.29 is 0 Å². The molecule has 0 radical (unpaired) electrons. The summed E-state index contributed by atoms with van der Waals surface area (Å²) in [6, 6.07) is 6.51. The predicted molar refractivity (Wildman–Crippen MR) is 71.2 cm³/mol. The summed E-state index contributed by atoms with van der Waals surface area (Å²) >= 11 is 0. The minimum atomic E-state index is 0.989. The molecule has 1 aromatic heterocycles. The number of hydrogen-bond acceptors (Lipinski definition) is 2. The van der Waals surface area contributed by atoms with E-state index >= 15 is 0 Å². The average molecular weight is 229 g/mol. The number of imidazole rings is 1. The number of rotatable bonds is 5. The van der Waals surface area contributed by atoms with Gasteiger partial charge in [-0.25, -0.2) is 4.98 Å². The molecule has 0 fully saturated rings. The third-order valence-corrected chi connectivity index (χ3v) is 2.86. The lowest BCUT2D eigenvalue weighted by Gasteiger charge is -2.10. The van der Waals surface area contributed by atoms with Crippen LogP contribution < -0.4 is 5.32 Å². The number of nitrogens with one attached hydrogen (secondary N) is 1. The molecule has 1 aromatic carbocycles. The van der Waals surface area contributed by atoms with Gasteiger partial charge in [-0.1, -0.05) is 12.1 Å². The first kappa shape index (κ1) is 11.7. The van der Waals surface area contributed by atoms with Crippen LogP contribution in [0.1, 0.15) is 17.5 Å². The molecule has 2 rings (SSSR count). The zero-order valence-electron chi connectivity index (χ0n) is 10.5. The molecule has 3 nitrogen and oxygen atoms in total. The molecule has 0 saturated carbocycles. The molecule has 0 atom stereocenters. The molecule has 0 amide bonds. The fraction of sp³-hybridized carbons (Fsp3) is 0.357. The van der Waals surface area contributed by atoms with E-state index in [1.807, 2.05) is 18.7 Å². The molecule has 0 spiro atoms. The maximum absolute atomic E-state index is 4.03. The largest absolute Gasteiger partial charge is 0.385 e. The molecule has 90 valence electrons. The van der Waals surface area contributed by atoms with Gasteiger partial charge in [-0.05, 0) is 37.5 Å². The second-order valence-electron chi connectivity index (χ2n) is 4.40. The minimum Gasteiger partial charge on any atom is -0.385 e. The molecule has 1 heterocycles. The van der Waals surface area contributed by atoms with Crippen molar-refractivity contribution in [3.63, 3.8) is 0 Å². The lowest BCUT2D eigenvalue weighted by Crippen LogP contribution is -2.06. The number of anilines is 1. The highest BCUT2D eigenvalue weighted by Crippen LogP contribution is 2.16. The lowest BCUT2D eigenvalue weighted by atomic mass is 10.1. The Labute approximate surface area is 103 Å². The molecule has 0 aliphatic carbocycles. The molecule has 0 unspecified atom stereocenters. The first-order valence-corrected chi connectivity index (χ1v) is 6.02. The van der Waals surface area contributed by atoms with Gasteiger partial charge >= 0.3 is 0 Å². The molecule has 0 bridgehead atoms. The van der Waals surface area contributed by atoms with Gasteiger partial charge in [0.05, 0.1) is 6.33 Å². The summed E-state index contributed by atoms with van der Waals surface area (Å²) in [5.41, 5.74) is 3.85. The fourth-order valence-electron chi connectivity index (χ4n) is 1.83. The lowest BCUT2D eigenvalue weighted by molar-refractivity contribution is 0.660. The summed E-state index contributed by atoms with van der Waals surface area (Å²) in [6.45, 7) is 6.26. The Morgan fingerprint density at radius 3 is 2.94 bits per heavy atom. The molecule has 2 aromatic rings.